The summed E-state index contributed by atoms with van der Waals surface area (Å²) < 4.78 is 5.37. The Bertz CT molecular complexity index is 627. The van der Waals surface area contributed by atoms with Gasteiger partial charge in [-0.1, -0.05) is 43.2 Å². The molecule has 0 bridgehead atoms. The fraction of sp³-hybridized carbons (Fsp3) is 0.720. The van der Waals surface area contributed by atoms with E-state index in [9.17, 15) is 0 Å². The van der Waals surface area contributed by atoms with E-state index in [0.717, 1.165) is 51.6 Å². The lowest BCUT2D eigenvalue weighted by Gasteiger charge is -2.27. The van der Waals surface area contributed by atoms with Crippen molar-refractivity contribution in [2.24, 2.45) is 16.3 Å². The molecule has 1 aliphatic carbocycles. The molecule has 1 atom stereocenters. The number of aliphatic imine (C=N–C) groups is 1. The van der Waals surface area contributed by atoms with Crippen LogP contribution in [0.2, 0.25) is 0 Å². The van der Waals surface area contributed by atoms with Crippen molar-refractivity contribution >= 4 is 5.96 Å². The molecular weight excluding hydrogens is 372 g/mol. The van der Waals surface area contributed by atoms with E-state index in [1.807, 2.05) is 7.11 Å². The summed E-state index contributed by atoms with van der Waals surface area (Å²) in [6.45, 7) is 9.40. The van der Waals surface area contributed by atoms with Gasteiger partial charge in [0.15, 0.2) is 5.96 Å². The van der Waals surface area contributed by atoms with Gasteiger partial charge in [-0.15, -0.1) is 0 Å². The highest BCUT2D eigenvalue weighted by Crippen LogP contribution is 2.41. The Morgan fingerprint density at radius 2 is 2.00 bits per heavy atom. The van der Waals surface area contributed by atoms with E-state index in [-0.39, 0.29) is 0 Å². The largest absolute Gasteiger partial charge is 0.385 e. The van der Waals surface area contributed by atoms with Crippen molar-refractivity contribution in [1.29, 1.82) is 0 Å². The summed E-state index contributed by atoms with van der Waals surface area (Å²) in [4.78, 5) is 7.61. The van der Waals surface area contributed by atoms with Gasteiger partial charge in [0.2, 0.25) is 0 Å². The highest BCUT2D eigenvalue weighted by Gasteiger charge is 2.33. The van der Waals surface area contributed by atoms with Crippen molar-refractivity contribution in [3.8, 4) is 0 Å². The quantitative estimate of drug-likeness (QED) is 0.428. The van der Waals surface area contributed by atoms with Crippen LogP contribution in [0.4, 0.5) is 0 Å². The molecule has 0 spiro atoms. The van der Waals surface area contributed by atoms with Gasteiger partial charge in [-0.2, -0.15) is 0 Å². The number of guanidine groups is 1. The molecule has 30 heavy (non-hydrogen) atoms. The molecule has 2 N–H and O–H groups in total. The minimum atomic E-state index is 0.347. The van der Waals surface area contributed by atoms with Crippen LogP contribution >= 0.6 is 0 Å². The van der Waals surface area contributed by atoms with E-state index in [2.05, 4.69) is 52.8 Å². The van der Waals surface area contributed by atoms with Crippen molar-refractivity contribution in [3.63, 3.8) is 0 Å². The molecule has 2 fully saturated rings. The molecule has 3 rings (SSSR count). The first-order valence-corrected chi connectivity index (χ1v) is 12.0. The monoisotopic (exact) mass is 414 g/mol. The van der Waals surface area contributed by atoms with Gasteiger partial charge in [0.25, 0.3) is 0 Å². The Morgan fingerprint density at radius 3 is 2.73 bits per heavy atom. The Balaban J connectivity index is 1.43. The van der Waals surface area contributed by atoms with Gasteiger partial charge >= 0.3 is 0 Å². The van der Waals surface area contributed by atoms with E-state index in [1.54, 1.807) is 0 Å². The van der Waals surface area contributed by atoms with Crippen LogP contribution in [0.15, 0.2) is 35.3 Å². The molecule has 1 saturated carbocycles. The maximum atomic E-state index is 5.37. The van der Waals surface area contributed by atoms with Gasteiger partial charge in [0, 0.05) is 46.4 Å². The Labute approximate surface area is 183 Å². The summed E-state index contributed by atoms with van der Waals surface area (Å²) in [6, 6.07) is 10.8. The number of methoxy groups -OCH3 is 1. The number of rotatable bonds is 11. The standard InChI is InChI=1S/C25H42N4O/c1-3-26-24(28-21-25(15-18-30-2)13-7-8-14-25)27-19-23-12-17-29(20-23)16-11-22-9-5-4-6-10-22/h4-6,9-10,23H,3,7-8,11-21H2,1-2H3,(H2,26,27,28). The maximum Gasteiger partial charge on any atom is 0.191 e. The normalized spacial score (nSPS) is 21.8. The zero-order chi connectivity index (χ0) is 21.1. The lowest BCUT2D eigenvalue weighted by molar-refractivity contribution is 0.141. The molecular formula is C25H42N4O. The third kappa shape index (κ3) is 7.28. The average molecular weight is 415 g/mol. The third-order valence-corrected chi connectivity index (χ3v) is 6.91. The van der Waals surface area contributed by atoms with Crippen LogP contribution in [0, 0.1) is 11.3 Å². The highest BCUT2D eigenvalue weighted by atomic mass is 16.5. The van der Waals surface area contributed by atoms with E-state index in [1.165, 1.54) is 50.8 Å². The van der Waals surface area contributed by atoms with Gasteiger partial charge in [-0.25, -0.2) is 0 Å². The lowest BCUT2D eigenvalue weighted by Crippen LogP contribution is -2.41. The van der Waals surface area contributed by atoms with Crippen LogP contribution in [0.5, 0.6) is 0 Å². The second-order valence-corrected chi connectivity index (χ2v) is 9.22. The second kappa shape index (κ2) is 12.3. The van der Waals surface area contributed by atoms with Crippen LogP contribution in [-0.2, 0) is 11.2 Å². The molecule has 0 amide bonds. The number of benzene rings is 1. The molecule has 5 nitrogen and oxygen atoms in total. The van der Waals surface area contributed by atoms with Crippen LogP contribution in [0.3, 0.4) is 0 Å². The average Bonchev–Trinajstić information content (AvgIpc) is 3.44. The molecule has 5 heteroatoms. The first-order valence-electron chi connectivity index (χ1n) is 12.0. The molecule has 1 aliphatic heterocycles. The Hall–Kier alpha value is -1.59. The molecule has 0 aromatic heterocycles. The predicted octanol–water partition coefficient (Wildman–Crippen LogP) is 3.70. The Kier molecular flexibility index (Phi) is 9.47. The third-order valence-electron chi connectivity index (χ3n) is 6.91. The van der Waals surface area contributed by atoms with E-state index >= 15 is 0 Å². The highest BCUT2D eigenvalue weighted by molar-refractivity contribution is 5.79. The van der Waals surface area contributed by atoms with Gasteiger partial charge in [0.05, 0.1) is 0 Å². The van der Waals surface area contributed by atoms with Crippen molar-refractivity contribution in [1.82, 2.24) is 15.5 Å². The first kappa shape index (κ1) is 23.1. The summed E-state index contributed by atoms with van der Waals surface area (Å²) >= 11 is 0. The topological polar surface area (TPSA) is 48.9 Å². The van der Waals surface area contributed by atoms with Gasteiger partial charge in [-0.05, 0) is 62.5 Å². The summed E-state index contributed by atoms with van der Waals surface area (Å²) in [6.07, 6.45) is 8.81. The number of hydrogen-bond donors (Lipinski definition) is 2. The number of likely N-dealkylation sites (tertiary alicyclic amines) is 1. The molecule has 1 aromatic carbocycles. The molecule has 168 valence electrons. The lowest BCUT2D eigenvalue weighted by atomic mass is 9.83. The van der Waals surface area contributed by atoms with Crippen LogP contribution in [0.25, 0.3) is 0 Å². The molecule has 1 unspecified atom stereocenters. The summed E-state index contributed by atoms with van der Waals surface area (Å²) in [5.74, 6) is 1.70. The molecule has 2 aliphatic rings. The number of nitrogens with one attached hydrogen (secondary N) is 2. The SMILES string of the molecule is CCNC(=NCC1(CCOC)CCCC1)NCC1CCN(CCc2ccccc2)C1. The van der Waals surface area contributed by atoms with E-state index < -0.39 is 0 Å². The number of ether oxygens (including phenoxy) is 1. The minimum Gasteiger partial charge on any atom is -0.385 e. The van der Waals surface area contributed by atoms with E-state index in [4.69, 9.17) is 9.73 Å². The predicted molar refractivity (Wildman–Crippen MR) is 126 cm³/mol. The number of hydrogen-bond acceptors (Lipinski definition) is 3. The fourth-order valence-corrected chi connectivity index (χ4v) is 4.97. The van der Waals surface area contributed by atoms with Crippen molar-refractivity contribution < 1.29 is 4.74 Å². The molecule has 0 radical (unpaired) electrons. The summed E-state index contributed by atoms with van der Waals surface area (Å²) in [7, 11) is 1.81. The Morgan fingerprint density at radius 1 is 1.20 bits per heavy atom. The zero-order valence-electron chi connectivity index (χ0n) is 19.2. The van der Waals surface area contributed by atoms with Gasteiger partial charge in [-0.3, -0.25) is 4.99 Å². The van der Waals surface area contributed by atoms with E-state index in [0.29, 0.717) is 11.3 Å². The first-order chi connectivity index (χ1) is 14.7. The molecule has 1 heterocycles. The van der Waals surface area contributed by atoms with Gasteiger partial charge in [0.1, 0.15) is 0 Å². The number of nitrogens with zero attached hydrogens (tertiary/aromatic N) is 2. The molecule has 1 saturated heterocycles. The van der Waals surface area contributed by atoms with Crippen molar-refractivity contribution in [2.75, 3.05) is 53.0 Å². The van der Waals surface area contributed by atoms with Crippen molar-refractivity contribution in [3.05, 3.63) is 35.9 Å². The zero-order valence-corrected chi connectivity index (χ0v) is 19.2. The smallest absolute Gasteiger partial charge is 0.191 e. The summed E-state index contributed by atoms with van der Waals surface area (Å²) in [5, 5.41) is 7.09. The van der Waals surface area contributed by atoms with Crippen LogP contribution in [0.1, 0.15) is 51.0 Å². The van der Waals surface area contributed by atoms with Crippen LogP contribution < -0.4 is 10.6 Å². The minimum absolute atomic E-state index is 0.347. The fourth-order valence-electron chi connectivity index (χ4n) is 4.97. The van der Waals surface area contributed by atoms with Crippen molar-refractivity contribution in [2.45, 2.75) is 51.9 Å². The van der Waals surface area contributed by atoms with Crippen LogP contribution in [-0.4, -0.2) is 63.8 Å². The second-order valence-electron chi connectivity index (χ2n) is 9.22. The maximum absolute atomic E-state index is 5.37. The van der Waals surface area contributed by atoms with Gasteiger partial charge < -0.3 is 20.3 Å². The molecule has 1 aromatic rings. The summed E-state index contributed by atoms with van der Waals surface area (Å²) in [5.41, 5.74) is 1.79.